The molecule has 3 rings (SSSR count). The monoisotopic (exact) mass is 316 g/mol. The molecule has 23 heavy (non-hydrogen) atoms. The Morgan fingerprint density at radius 3 is 2.65 bits per heavy atom. The first kappa shape index (κ1) is 16.0. The van der Waals surface area contributed by atoms with Crippen LogP contribution in [0.15, 0.2) is 30.3 Å². The van der Waals surface area contributed by atoms with Crippen molar-refractivity contribution in [2.75, 3.05) is 18.0 Å². The summed E-state index contributed by atoms with van der Waals surface area (Å²) < 4.78 is 0. The first-order valence-electron chi connectivity index (χ1n) is 8.49. The number of anilines is 1. The number of para-hydroxylation sites is 1. The average molecular weight is 316 g/mol. The molecule has 2 N–H and O–H groups in total. The molecule has 2 amide bonds. The van der Waals surface area contributed by atoms with Crippen molar-refractivity contribution in [2.24, 2.45) is 5.92 Å². The fourth-order valence-electron chi connectivity index (χ4n) is 3.61. The standard InChI is InChI=1S/C18H24N2O3/c21-16(19-12-10-14-6-4-5-7-14)18(23)11-13-20(17(18)22)15-8-2-1-3-9-15/h1-3,8-9,14,23H,4-7,10-13H2,(H,19,21). The van der Waals surface area contributed by atoms with E-state index in [4.69, 9.17) is 0 Å². The quantitative estimate of drug-likeness (QED) is 0.815. The Kier molecular flexibility index (Phi) is 4.66. The SMILES string of the molecule is O=C(NCCC1CCCC1)C1(O)CCN(c2ccccc2)C1=O. The Morgan fingerprint density at radius 1 is 1.26 bits per heavy atom. The number of rotatable bonds is 5. The third-order valence-electron chi connectivity index (χ3n) is 5.05. The molecule has 0 aromatic heterocycles. The van der Waals surface area contributed by atoms with Crippen LogP contribution in [0, 0.1) is 5.92 Å². The summed E-state index contributed by atoms with van der Waals surface area (Å²) in [6, 6.07) is 9.15. The van der Waals surface area contributed by atoms with Crippen LogP contribution in [0.3, 0.4) is 0 Å². The minimum absolute atomic E-state index is 0.135. The first-order valence-corrected chi connectivity index (χ1v) is 8.49. The number of aliphatic hydroxyl groups is 1. The molecule has 2 fully saturated rings. The maximum atomic E-state index is 12.5. The molecule has 1 aliphatic carbocycles. The van der Waals surface area contributed by atoms with Gasteiger partial charge in [-0.3, -0.25) is 9.59 Å². The van der Waals surface area contributed by atoms with Crippen molar-refractivity contribution in [3.8, 4) is 0 Å². The Labute approximate surface area is 136 Å². The highest BCUT2D eigenvalue weighted by Gasteiger charge is 2.51. The fourth-order valence-corrected chi connectivity index (χ4v) is 3.61. The highest BCUT2D eigenvalue weighted by Crippen LogP contribution is 2.29. The van der Waals surface area contributed by atoms with E-state index in [0.29, 0.717) is 24.7 Å². The summed E-state index contributed by atoms with van der Waals surface area (Å²) in [4.78, 5) is 26.3. The predicted octanol–water partition coefficient (Wildman–Crippen LogP) is 1.85. The summed E-state index contributed by atoms with van der Waals surface area (Å²) in [7, 11) is 0. The predicted molar refractivity (Wildman–Crippen MR) is 87.9 cm³/mol. The normalized spacial score (nSPS) is 25.1. The van der Waals surface area contributed by atoms with E-state index in [1.807, 2.05) is 30.3 Å². The van der Waals surface area contributed by atoms with Gasteiger partial charge in [-0.2, -0.15) is 0 Å². The van der Waals surface area contributed by atoms with E-state index in [-0.39, 0.29) is 6.42 Å². The number of benzene rings is 1. The minimum atomic E-state index is -1.93. The molecule has 1 saturated heterocycles. The summed E-state index contributed by atoms with van der Waals surface area (Å²) in [6.07, 6.45) is 6.05. The van der Waals surface area contributed by atoms with Gasteiger partial charge in [-0.1, -0.05) is 43.9 Å². The van der Waals surface area contributed by atoms with Gasteiger partial charge in [0.2, 0.25) is 5.60 Å². The molecule has 1 heterocycles. The molecule has 1 unspecified atom stereocenters. The lowest BCUT2D eigenvalue weighted by atomic mass is 10.0. The van der Waals surface area contributed by atoms with Gasteiger partial charge in [0.1, 0.15) is 0 Å². The van der Waals surface area contributed by atoms with Gasteiger partial charge in [0, 0.05) is 25.2 Å². The topological polar surface area (TPSA) is 69.6 Å². The number of hydrogen-bond donors (Lipinski definition) is 2. The molecule has 1 saturated carbocycles. The third kappa shape index (κ3) is 3.24. The molecule has 1 atom stereocenters. The smallest absolute Gasteiger partial charge is 0.268 e. The van der Waals surface area contributed by atoms with Gasteiger partial charge in [-0.15, -0.1) is 0 Å². The van der Waals surface area contributed by atoms with E-state index < -0.39 is 17.4 Å². The molecule has 124 valence electrons. The lowest BCUT2D eigenvalue weighted by Crippen LogP contribution is -2.52. The van der Waals surface area contributed by atoms with Crippen LogP contribution < -0.4 is 10.2 Å². The molecule has 0 bridgehead atoms. The largest absolute Gasteiger partial charge is 0.372 e. The first-order chi connectivity index (χ1) is 11.1. The average Bonchev–Trinajstić information content (AvgIpc) is 3.18. The van der Waals surface area contributed by atoms with E-state index in [1.54, 1.807) is 0 Å². The maximum absolute atomic E-state index is 12.5. The Hall–Kier alpha value is -1.88. The van der Waals surface area contributed by atoms with Crippen LogP contribution in [0.5, 0.6) is 0 Å². The number of amides is 2. The van der Waals surface area contributed by atoms with Gasteiger partial charge in [-0.05, 0) is 24.5 Å². The molecule has 0 radical (unpaired) electrons. The van der Waals surface area contributed by atoms with Crippen LogP contribution in [0.2, 0.25) is 0 Å². The summed E-state index contributed by atoms with van der Waals surface area (Å²) in [5.41, 5.74) is -1.21. The second-order valence-electron chi connectivity index (χ2n) is 6.60. The van der Waals surface area contributed by atoms with E-state index in [0.717, 1.165) is 6.42 Å². The highest BCUT2D eigenvalue weighted by molar-refractivity contribution is 6.16. The summed E-state index contributed by atoms with van der Waals surface area (Å²) in [5.74, 6) is -0.411. The van der Waals surface area contributed by atoms with Crippen molar-refractivity contribution in [2.45, 2.75) is 44.1 Å². The summed E-state index contributed by atoms with van der Waals surface area (Å²) in [6.45, 7) is 0.889. The number of nitrogens with zero attached hydrogens (tertiary/aromatic N) is 1. The van der Waals surface area contributed by atoms with E-state index in [9.17, 15) is 14.7 Å². The van der Waals surface area contributed by atoms with Gasteiger partial charge >= 0.3 is 0 Å². The molecular weight excluding hydrogens is 292 g/mol. The summed E-state index contributed by atoms with van der Waals surface area (Å²) in [5, 5.41) is 13.3. The molecule has 2 aliphatic rings. The van der Waals surface area contributed by atoms with Gasteiger partial charge in [0.05, 0.1) is 0 Å². The minimum Gasteiger partial charge on any atom is -0.372 e. The molecule has 1 aromatic carbocycles. The van der Waals surface area contributed by atoms with Gasteiger partial charge < -0.3 is 15.3 Å². The third-order valence-corrected chi connectivity index (χ3v) is 5.05. The zero-order chi connectivity index (χ0) is 16.3. The number of carbonyl (C=O) groups is 2. The number of hydrogen-bond acceptors (Lipinski definition) is 3. The molecule has 1 aliphatic heterocycles. The van der Waals surface area contributed by atoms with E-state index >= 15 is 0 Å². The van der Waals surface area contributed by atoms with Crippen LogP contribution in [0.1, 0.15) is 38.5 Å². The maximum Gasteiger partial charge on any atom is 0.268 e. The van der Waals surface area contributed by atoms with Crippen LogP contribution in [0.25, 0.3) is 0 Å². The van der Waals surface area contributed by atoms with Crippen LogP contribution >= 0.6 is 0 Å². The zero-order valence-corrected chi connectivity index (χ0v) is 13.3. The molecule has 5 heteroatoms. The van der Waals surface area contributed by atoms with Crippen molar-refractivity contribution in [1.29, 1.82) is 0 Å². The zero-order valence-electron chi connectivity index (χ0n) is 13.3. The van der Waals surface area contributed by atoms with Crippen molar-refractivity contribution in [3.63, 3.8) is 0 Å². The highest BCUT2D eigenvalue weighted by atomic mass is 16.3. The molecule has 0 spiro atoms. The van der Waals surface area contributed by atoms with Crippen molar-refractivity contribution < 1.29 is 14.7 Å². The second-order valence-corrected chi connectivity index (χ2v) is 6.60. The van der Waals surface area contributed by atoms with Gasteiger partial charge in [-0.25, -0.2) is 0 Å². The van der Waals surface area contributed by atoms with Crippen molar-refractivity contribution in [3.05, 3.63) is 30.3 Å². The Bertz CT molecular complexity index is 569. The van der Waals surface area contributed by atoms with Crippen molar-refractivity contribution in [1.82, 2.24) is 5.32 Å². The van der Waals surface area contributed by atoms with Gasteiger partial charge in [0.15, 0.2) is 0 Å². The molecule has 5 nitrogen and oxygen atoms in total. The number of carbonyl (C=O) groups excluding carboxylic acids is 2. The van der Waals surface area contributed by atoms with E-state index in [1.165, 1.54) is 30.6 Å². The van der Waals surface area contributed by atoms with Crippen molar-refractivity contribution >= 4 is 17.5 Å². The lowest BCUT2D eigenvalue weighted by Gasteiger charge is -2.22. The van der Waals surface area contributed by atoms with Crippen LogP contribution in [0.4, 0.5) is 5.69 Å². The summed E-state index contributed by atoms with van der Waals surface area (Å²) >= 11 is 0. The lowest BCUT2D eigenvalue weighted by molar-refractivity contribution is -0.149. The molecule has 1 aromatic rings. The second kappa shape index (κ2) is 6.71. The van der Waals surface area contributed by atoms with Crippen LogP contribution in [-0.4, -0.2) is 35.6 Å². The van der Waals surface area contributed by atoms with Crippen LogP contribution in [-0.2, 0) is 9.59 Å². The fraction of sp³-hybridized carbons (Fsp3) is 0.556. The number of nitrogens with one attached hydrogen (secondary N) is 1. The Balaban J connectivity index is 1.58. The molecular formula is C18H24N2O3. The van der Waals surface area contributed by atoms with E-state index in [2.05, 4.69) is 5.32 Å². The Morgan fingerprint density at radius 2 is 1.96 bits per heavy atom. The van der Waals surface area contributed by atoms with Gasteiger partial charge in [0.25, 0.3) is 11.8 Å².